The number of carbonyl (C=O) groups excluding carboxylic acids is 1. The topological polar surface area (TPSA) is 47.9 Å². The van der Waals surface area contributed by atoms with E-state index in [-0.39, 0.29) is 17.9 Å². The standard InChI is InChI=1S/C23H20BrFO3.C3H7N/c1-5-15(3)21-19(12-17(25)13-20(21)24)22(18(6-2)23(26)27-4)28-14-16-10-8-7-9-11-16;1-3-4-2/h2,5,7-13H,14H2,1,3-4H3;3H,1-2H3/b15-5-,22-18-;. The molecule has 0 unspecified atom stereocenters. The van der Waals surface area contributed by atoms with Crippen LogP contribution in [0.5, 0.6) is 0 Å². The van der Waals surface area contributed by atoms with Crippen LogP contribution in [0, 0.1) is 18.2 Å². The largest absolute Gasteiger partial charge is 0.487 e. The van der Waals surface area contributed by atoms with E-state index in [2.05, 4.69) is 26.8 Å². The molecule has 0 heterocycles. The summed E-state index contributed by atoms with van der Waals surface area (Å²) in [6, 6.07) is 12.0. The number of methoxy groups -OCH3 is 1. The van der Waals surface area contributed by atoms with Crippen molar-refractivity contribution < 1.29 is 18.7 Å². The van der Waals surface area contributed by atoms with Crippen LogP contribution in [0.4, 0.5) is 4.39 Å². The Kier molecular flexibility index (Phi) is 11.8. The summed E-state index contributed by atoms with van der Waals surface area (Å²) < 4.78 is 25.5. The molecular formula is C26H27BrFNO3. The minimum atomic E-state index is -0.727. The minimum absolute atomic E-state index is 0.0922. The van der Waals surface area contributed by atoms with E-state index >= 15 is 0 Å². The number of esters is 1. The van der Waals surface area contributed by atoms with Crippen molar-refractivity contribution in [1.82, 2.24) is 0 Å². The van der Waals surface area contributed by atoms with E-state index in [0.717, 1.165) is 11.1 Å². The first-order valence-electron chi connectivity index (χ1n) is 9.79. The van der Waals surface area contributed by atoms with Gasteiger partial charge in [0.05, 0.1) is 7.11 Å². The van der Waals surface area contributed by atoms with Gasteiger partial charge in [-0.15, -0.1) is 6.42 Å². The highest BCUT2D eigenvalue weighted by atomic mass is 79.9. The smallest absolute Gasteiger partial charge is 0.350 e. The van der Waals surface area contributed by atoms with Crippen LogP contribution in [0.15, 0.2) is 63.6 Å². The first-order chi connectivity index (χ1) is 15.3. The lowest BCUT2D eigenvalue weighted by molar-refractivity contribution is -0.135. The Labute approximate surface area is 198 Å². The van der Waals surface area contributed by atoms with E-state index in [9.17, 15) is 9.18 Å². The number of aliphatic imine (C=N–C) groups is 1. The van der Waals surface area contributed by atoms with Gasteiger partial charge >= 0.3 is 5.97 Å². The molecule has 0 bridgehead atoms. The average Bonchev–Trinajstić information content (AvgIpc) is 2.81. The predicted octanol–water partition coefficient (Wildman–Crippen LogP) is 6.45. The SMILES string of the molecule is C#C/C(C(=O)OC)=C(/OCc1ccccc1)c1cc(F)cc(Br)c1/C(C)=C\C.CC=NC. The van der Waals surface area contributed by atoms with E-state index in [1.165, 1.54) is 19.2 Å². The van der Waals surface area contributed by atoms with Gasteiger partial charge in [-0.2, -0.15) is 0 Å². The van der Waals surface area contributed by atoms with E-state index in [1.807, 2.05) is 57.2 Å². The quantitative estimate of drug-likeness (QED) is 0.151. The molecule has 6 heteroatoms. The van der Waals surface area contributed by atoms with Crippen LogP contribution < -0.4 is 0 Å². The highest BCUT2D eigenvalue weighted by Gasteiger charge is 2.23. The molecule has 2 aromatic carbocycles. The summed E-state index contributed by atoms with van der Waals surface area (Å²) in [4.78, 5) is 15.9. The molecule has 0 spiro atoms. The van der Waals surface area contributed by atoms with Crippen LogP contribution in [0.25, 0.3) is 11.3 Å². The number of carbonyl (C=O) groups is 1. The van der Waals surface area contributed by atoms with Gasteiger partial charge in [-0.1, -0.05) is 58.3 Å². The summed E-state index contributed by atoms with van der Waals surface area (Å²) in [6.07, 6.45) is 9.21. The fourth-order valence-corrected chi connectivity index (χ4v) is 3.38. The van der Waals surface area contributed by atoms with Gasteiger partial charge in [-0.3, -0.25) is 0 Å². The van der Waals surface area contributed by atoms with Crippen molar-refractivity contribution in [2.75, 3.05) is 14.2 Å². The van der Waals surface area contributed by atoms with E-state index in [4.69, 9.17) is 15.9 Å². The minimum Gasteiger partial charge on any atom is -0.487 e. The van der Waals surface area contributed by atoms with Gasteiger partial charge in [0.2, 0.25) is 0 Å². The normalized spacial score (nSPS) is 11.8. The van der Waals surface area contributed by atoms with Crippen molar-refractivity contribution >= 4 is 39.4 Å². The monoisotopic (exact) mass is 499 g/mol. The third-order valence-electron chi connectivity index (χ3n) is 4.37. The Morgan fingerprint density at radius 2 is 1.88 bits per heavy atom. The van der Waals surface area contributed by atoms with Crippen molar-refractivity contribution in [3.8, 4) is 12.3 Å². The number of terminal acetylenes is 1. The Bertz CT molecular complexity index is 1050. The Morgan fingerprint density at radius 1 is 1.25 bits per heavy atom. The molecular weight excluding hydrogens is 473 g/mol. The maximum absolute atomic E-state index is 14.3. The first-order valence-corrected chi connectivity index (χ1v) is 10.6. The third kappa shape index (κ3) is 7.51. The molecule has 0 saturated heterocycles. The number of allylic oxidation sites excluding steroid dienone is 2. The third-order valence-corrected chi connectivity index (χ3v) is 5.00. The molecule has 0 aromatic heterocycles. The number of halogens is 2. The van der Waals surface area contributed by atoms with Gasteiger partial charge in [0.1, 0.15) is 12.4 Å². The molecule has 0 aliphatic rings. The molecule has 0 saturated carbocycles. The van der Waals surface area contributed by atoms with E-state index in [0.29, 0.717) is 15.6 Å². The summed E-state index contributed by atoms with van der Waals surface area (Å²) in [7, 11) is 2.98. The van der Waals surface area contributed by atoms with Gasteiger partial charge in [0.25, 0.3) is 0 Å². The van der Waals surface area contributed by atoms with Gasteiger partial charge < -0.3 is 14.5 Å². The summed E-state index contributed by atoms with van der Waals surface area (Å²) >= 11 is 3.40. The summed E-state index contributed by atoms with van der Waals surface area (Å²) in [5.41, 5.74) is 2.69. The number of hydrogen-bond donors (Lipinski definition) is 0. The number of nitrogens with zero attached hydrogens (tertiary/aromatic N) is 1. The number of hydrogen-bond acceptors (Lipinski definition) is 4. The van der Waals surface area contributed by atoms with Crippen LogP contribution in [0.3, 0.4) is 0 Å². The zero-order valence-electron chi connectivity index (χ0n) is 18.9. The molecule has 2 rings (SSSR count). The molecule has 32 heavy (non-hydrogen) atoms. The molecule has 4 nitrogen and oxygen atoms in total. The molecule has 0 aliphatic carbocycles. The van der Waals surface area contributed by atoms with Crippen LogP contribution >= 0.6 is 15.9 Å². The second-order valence-electron chi connectivity index (χ2n) is 6.41. The van der Waals surface area contributed by atoms with Gasteiger partial charge in [0.15, 0.2) is 11.3 Å². The van der Waals surface area contributed by atoms with Crippen LogP contribution in [0.2, 0.25) is 0 Å². The fourth-order valence-electron chi connectivity index (χ4n) is 2.63. The van der Waals surface area contributed by atoms with Crippen LogP contribution in [-0.4, -0.2) is 26.3 Å². The predicted molar refractivity (Wildman–Crippen MR) is 133 cm³/mol. The fraction of sp³-hybridized carbons (Fsp3) is 0.231. The molecule has 168 valence electrons. The average molecular weight is 500 g/mol. The van der Waals surface area contributed by atoms with E-state index < -0.39 is 11.8 Å². The summed E-state index contributed by atoms with van der Waals surface area (Å²) in [5.74, 6) is 1.21. The summed E-state index contributed by atoms with van der Waals surface area (Å²) in [5, 5.41) is 0. The van der Waals surface area contributed by atoms with Gasteiger partial charge in [-0.05, 0) is 50.3 Å². The Hall–Kier alpha value is -3.17. The number of ether oxygens (including phenoxy) is 2. The highest BCUT2D eigenvalue weighted by molar-refractivity contribution is 9.10. The van der Waals surface area contributed by atoms with Crippen molar-refractivity contribution in [3.05, 3.63) is 81.1 Å². The zero-order valence-corrected chi connectivity index (χ0v) is 20.5. The second kappa shape index (κ2) is 14.0. The highest BCUT2D eigenvalue weighted by Crippen LogP contribution is 2.35. The van der Waals surface area contributed by atoms with Crippen molar-refractivity contribution in [2.45, 2.75) is 27.4 Å². The maximum atomic E-state index is 14.3. The Morgan fingerprint density at radius 3 is 2.38 bits per heavy atom. The Balaban J connectivity index is 0.00000118. The van der Waals surface area contributed by atoms with Crippen molar-refractivity contribution in [2.24, 2.45) is 4.99 Å². The van der Waals surface area contributed by atoms with E-state index in [1.54, 1.807) is 13.3 Å². The first kappa shape index (κ1) is 26.9. The van der Waals surface area contributed by atoms with Gasteiger partial charge in [0, 0.05) is 22.6 Å². The van der Waals surface area contributed by atoms with Gasteiger partial charge in [-0.25, -0.2) is 9.18 Å². The second-order valence-corrected chi connectivity index (χ2v) is 7.27. The van der Waals surface area contributed by atoms with Crippen molar-refractivity contribution in [3.63, 3.8) is 0 Å². The molecule has 0 atom stereocenters. The lowest BCUT2D eigenvalue weighted by atomic mass is 9.96. The van der Waals surface area contributed by atoms with Crippen molar-refractivity contribution in [1.29, 1.82) is 0 Å². The van der Waals surface area contributed by atoms with Crippen LogP contribution in [0.1, 0.15) is 37.5 Å². The lowest BCUT2D eigenvalue weighted by Crippen LogP contribution is -2.10. The molecule has 0 radical (unpaired) electrons. The maximum Gasteiger partial charge on any atom is 0.350 e. The molecule has 0 amide bonds. The molecule has 0 N–H and O–H groups in total. The van der Waals surface area contributed by atoms with Crippen LogP contribution in [-0.2, 0) is 20.9 Å². The molecule has 0 aliphatic heterocycles. The number of rotatable bonds is 6. The lowest BCUT2D eigenvalue weighted by Gasteiger charge is -2.18. The molecule has 0 fully saturated rings. The zero-order chi connectivity index (χ0) is 24.1. The molecule has 2 aromatic rings. The summed E-state index contributed by atoms with van der Waals surface area (Å²) in [6.45, 7) is 5.79. The number of benzene rings is 2.